The highest BCUT2D eigenvalue weighted by atomic mass is 32.2. The quantitative estimate of drug-likeness (QED) is 0.323. The largest absolute Gasteiger partial charge is 0.458 e. The van der Waals surface area contributed by atoms with Crippen LogP contribution in [0.1, 0.15) is 60.1 Å². The molecule has 1 aromatic heterocycles. The smallest absolute Gasteiger partial charge is 0.423 e. The normalized spacial score (nSPS) is 16.1. The molecule has 1 amide bonds. The molecule has 228 valence electrons. The Hall–Kier alpha value is -3.26. The van der Waals surface area contributed by atoms with Gasteiger partial charge in [-0.1, -0.05) is 30.3 Å². The summed E-state index contributed by atoms with van der Waals surface area (Å²) in [5, 5.41) is 13.0. The molecule has 10 nitrogen and oxygen atoms in total. The predicted octanol–water partition coefficient (Wildman–Crippen LogP) is 4.96. The molecule has 1 heterocycles. The molecule has 0 fully saturated rings. The number of esters is 1. The molecular weight excluding hydrogens is 565 g/mol. The lowest BCUT2D eigenvalue weighted by Crippen LogP contribution is -2.47. The zero-order chi connectivity index (χ0) is 31.3. The van der Waals surface area contributed by atoms with Gasteiger partial charge in [0.25, 0.3) is 0 Å². The van der Waals surface area contributed by atoms with Gasteiger partial charge in [-0.2, -0.15) is 13.2 Å². The highest BCUT2D eigenvalue weighted by Crippen LogP contribution is 2.41. The third kappa shape index (κ3) is 10.6. The molecule has 3 atom stereocenters. The Morgan fingerprint density at radius 2 is 1.56 bits per heavy atom. The summed E-state index contributed by atoms with van der Waals surface area (Å²) in [5.74, 6) is -2.34. The van der Waals surface area contributed by atoms with Crippen LogP contribution in [0.5, 0.6) is 0 Å². The molecule has 41 heavy (non-hydrogen) atoms. The number of nitrogens with one attached hydrogen (secondary N) is 2. The van der Waals surface area contributed by atoms with Gasteiger partial charge in [0.15, 0.2) is 0 Å². The molecular formula is C27H37F3N4O6S. The Kier molecular flexibility index (Phi) is 10.5. The third-order valence-corrected chi connectivity index (χ3v) is 7.28. The van der Waals surface area contributed by atoms with Crippen molar-refractivity contribution >= 4 is 21.8 Å². The molecule has 0 aliphatic heterocycles. The van der Waals surface area contributed by atoms with Crippen molar-refractivity contribution < 1.29 is 41.5 Å². The summed E-state index contributed by atoms with van der Waals surface area (Å²) in [6.07, 6.45) is -5.82. The minimum absolute atomic E-state index is 0.286. The van der Waals surface area contributed by atoms with E-state index >= 15 is 0 Å². The molecule has 14 heteroatoms. The number of ether oxygens (including phenoxy) is 2. The van der Waals surface area contributed by atoms with Gasteiger partial charge in [-0.15, -0.1) is 0 Å². The summed E-state index contributed by atoms with van der Waals surface area (Å²) in [6.45, 7) is 9.59. The van der Waals surface area contributed by atoms with E-state index in [0.29, 0.717) is 5.56 Å². The van der Waals surface area contributed by atoms with Gasteiger partial charge in [0.1, 0.15) is 17.2 Å². The number of carbonyl (C=O) groups is 2. The second kappa shape index (κ2) is 12.7. The number of alkyl carbamates (subject to hydrolysis) is 1. The maximum atomic E-state index is 14.1. The summed E-state index contributed by atoms with van der Waals surface area (Å²) in [4.78, 5) is 32.7. The van der Waals surface area contributed by atoms with E-state index in [2.05, 4.69) is 15.3 Å². The van der Waals surface area contributed by atoms with E-state index < -0.39 is 74.4 Å². The fourth-order valence-electron chi connectivity index (χ4n) is 3.51. The number of rotatable bonds is 10. The first-order valence-electron chi connectivity index (χ1n) is 12.8. The highest BCUT2D eigenvalue weighted by Gasteiger charge is 2.56. The first-order valence-corrected chi connectivity index (χ1v) is 14.7. The van der Waals surface area contributed by atoms with Crippen LogP contribution in [0.2, 0.25) is 0 Å². The van der Waals surface area contributed by atoms with Crippen LogP contribution in [0.15, 0.2) is 42.7 Å². The average Bonchev–Trinajstić information content (AvgIpc) is 2.83. The summed E-state index contributed by atoms with van der Waals surface area (Å²) < 4.78 is 73.8. The monoisotopic (exact) mass is 602 g/mol. The van der Waals surface area contributed by atoms with Crippen molar-refractivity contribution in [1.29, 1.82) is 4.78 Å². The first kappa shape index (κ1) is 33.9. The SMILES string of the molecule is CC(C)(C)OC(=O)N[C@@H](CCS(=N)(=O)CCC(O)(c1cnc(-c2ccccc2)cn1)C(F)(F)F)C(=O)OC(C)(C)C. The van der Waals surface area contributed by atoms with Crippen LogP contribution in [0.25, 0.3) is 11.3 Å². The molecule has 2 unspecified atom stereocenters. The Labute approximate surface area is 238 Å². The number of amides is 1. The van der Waals surface area contributed by atoms with Crippen molar-refractivity contribution in [3.63, 3.8) is 0 Å². The molecule has 0 saturated carbocycles. The van der Waals surface area contributed by atoms with Crippen molar-refractivity contribution in [2.75, 3.05) is 11.5 Å². The zero-order valence-electron chi connectivity index (χ0n) is 23.9. The number of hydrogen-bond donors (Lipinski definition) is 3. The van der Waals surface area contributed by atoms with Gasteiger partial charge in [0.05, 0.1) is 23.8 Å². The molecule has 0 saturated heterocycles. The standard InChI is InChI=1S/C27H37F3N4O6S/c1-24(2,3)39-22(35)19(34-23(36)40-25(4,5)6)12-14-41(31,38)15-13-26(37,27(28,29)30)21-17-32-20(16-33-21)18-10-8-7-9-11-18/h7-11,16-17,19,31,37H,12-15H2,1-6H3,(H,34,36)/t19-,26?,41?/m0/s1. The molecule has 0 aliphatic rings. The van der Waals surface area contributed by atoms with E-state index in [1.165, 1.54) is 0 Å². The van der Waals surface area contributed by atoms with Gasteiger partial charge in [0, 0.05) is 33.2 Å². The lowest BCUT2D eigenvalue weighted by Gasteiger charge is -2.30. The Morgan fingerprint density at radius 3 is 2.05 bits per heavy atom. The van der Waals surface area contributed by atoms with Crippen LogP contribution < -0.4 is 5.32 Å². The third-order valence-electron chi connectivity index (χ3n) is 5.53. The number of aliphatic hydroxyl groups is 1. The number of alkyl halides is 3. The zero-order valence-corrected chi connectivity index (χ0v) is 24.7. The van der Waals surface area contributed by atoms with Crippen LogP contribution in [-0.2, 0) is 29.6 Å². The molecule has 0 radical (unpaired) electrons. The van der Waals surface area contributed by atoms with Gasteiger partial charge < -0.3 is 19.9 Å². The van der Waals surface area contributed by atoms with Crippen molar-refractivity contribution in [3.8, 4) is 11.3 Å². The maximum absolute atomic E-state index is 14.1. The van der Waals surface area contributed by atoms with Gasteiger partial charge in [-0.05, 0) is 48.0 Å². The number of nitrogens with zero attached hydrogens (tertiary/aromatic N) is 2. The van der Waals surface area contributed by atoms with Crippen LogP contribution >= 0.6 is 0 Å². The average molecular weight is 603 g/mol. The van der Waals surface area contributed by atoms with Crippen molar-refractivity contribution in [3.05, 3.63) is 48.4 Å². The minimum Gasteiger partial charge on any atom is -0.458 e. The molecule has 0 spiro atoms. The van der Waals surface area contributed by atoms with Crippen LogP contribution in [-0.4, -0.2) is 66.3 Å². The summed E-state index contributed by atoms with van der Waals surface area (Å²) in [7, 11) is -3.79. The van der Waals surface area contributed by atoms with Crippen molar-refractivity contribution in [1.82, 2.24) is 15.3 Å². The van der Waals surface area contributed by atoms with Crippen LogP contribution in [0.3, 0.4) is 0 Å². The van der Waals surface area contributed by atoms with Gasteiger partial charge in [-0.3, -0.25) is 14.7 Å². The van der Waals surface area contributed by atoms with E-state index in [9.17, 15) is 32.1 Å². The number of aromatic nitrogens is 2. The summed E-state index contributed by atoms with van der Waals surface area (Å²) in [5.41, 5.74) is -5.27. The number of carbonyl (C=O) groups excluding carboxylic acids is 2. The Morgan fingerprint density at radius 1 is 0.976 bits per heavy atom. The summed E-state index contributed by atoms with van der Waals surface area (Å²) >= 11 is 0. The van der Waals surface area contributed by atoms with E-state index in [1.807, 2.05) is 0 Å². The molecule has 0 bridgehead atoms. The van der Waals surface area contributed by atoms with Crippen LogP contribution in [0, 0.1) is 4.78 Å². The number of benzene rings is 1. The lowest BCUT2D eigenvalue weighted by molar-refractivity contribution is -0.269. The fourth-order valence-corrected chi connectivity index (χ4v) is 4.95. The second-order valence-electron chi connectivity index (χ2n) is 11.5. The van der Waals surface area contributed by atoms with E-state index in [-0.39, 0.29) is 12.1 Å². The van der Waals surface area contributed by atoms with Crippen molar-refractivity contribution in [2.45, 2.75) is 83.4 Å². The predicted molar refractivity (Wildman–Crippen MR) is 146 cm³/mol. The van der Waals surface area contributed by atoms with Crippen molar-refractivity contribution in [2.24, 2.45) is 0 Å². The van der Waals surface area contributed by atoms with Gasteiger partial charge in [0.2, 0.25) is 5.60 Å². The fraction of sp³-hybridized carbons (Fsp3) is 0.556. The molecule has 0 aliphatic carbocycles. The molecule has 1 aromatic carbocycles. The molecule has 3 N–H and O–H groups in total. The van der Waals surface area contributed by atoms with Crippen LogP contribution in [0.4, 0.5) is 18.0 Å². The van der Waals surface area contributed by atoms with E-state index in [0.717, 1.165) is 12.4 Å². The number of halogens is 3. The summed E-state index contributed by atoms with van der Waals surface area (Å²) in [6, 6.07) is 7.20. The van der Waals surface area contributed by atoms with Gasteiger partial charge >= 0.3 is 18.2 Å². The topological polar surface area (TPSA) is 152 Å². The maximum Gasteiger partial charge on any atom is 0.423 e. The van der Waals surface area contributed by atoms with E-state index in [4.69, 9.17) is 14.3 Å². The minimum atomic E-state index is -5.22. The molecule has 2 aromatic rings. The van der Waals surface area contributed by atoms with E-state index in [1.54, 1.807) is 71.9 Å². The Balaban J connectivity index is 2.19. The Bertz CT molecular complexity index is 1290. The highest BCUT2D eigenvalue weighted by molar-refractivity contribution is 7.92. The lowest BCUT2D eigenvalue weighted by atomic mass is 9.96. The first-order chi connectivity index (χ1) is 18.6. The molecule has 2 rings (SSSR count). The second-order valence-corrected chi connectivity index (χ2v) is 13.9. The number of hydrogen-bond acceptors (Lipinski definition) is 9. The van der Waals surface area contributed by atoms with Gasteiger partial charge in [-0.25, -0.2) is 13.8 Å².